The molecule has 0 aromatic heterocycles. The third kappa shape index (κ3) is 1.42. The van der Waals surface area contributed by atoms with Gasteiger partial charge in [0.15, 0.2) is 0 Å². The van der Waals surface area contributed by atoms with Gasteiger partial charge in [0.25, 0.3) is 0 Å². The molecule has 2 heterocycles. The van der Waals surface area contributed by atoms with Gasteiger partial charge in [-0.05, 0) is 38.3 Å². The van der Waals surface area contributed by atoms with Crippen molar-refractivity contribution in [3.63, 3.8) is 0 Å². The van der Waals surface area contributed by atoms with Crippen LogP contribution in [0.5, 0.6) is 0 Å². The highest BCUT2D eigenvalue weighted by Crippen LogP contribution is 2.53. The first-order chi connectivity index (χ1) is 8.79. The summed E-state index contributed by atoms with van der Waals surface area (Å²) in [6.07, 6.45) is 4.04. The molecule has 0 amide bonds. The summed E-state index contributed by atoms with van der Waals surface area (Å²) in [5, 5.41) is 0. The zero-order chi connectivity index (χ0) is 12.2. The summed E-state index contributed by atoms with van der Waals surface area (Å²) in [6, 6.07) is 11.0. The van der Waals surface area contributed by atoms with Crippen LogP contribution in [-0.4, -0.2) is 29.2 Å². The molecule has 94 valence electrons. The molecule has 1 spiro atoms. The highest BCUT2D eigenvalue weighted by molar-refractivity contribution is 6.01. The Hall–Kier alpha value is -1.15. The van der Waals surface area contributed by atoms with E-state index in [2.05, 4.69) is 42.2 Å². The number of nitrogens with zero attached hydrogens (tertiary/aromatic N) is 2. The van der Waals surface area contributed by atoms with Crippen LogP contribution in [0.3, 0.4) is 0 Å². The van der Waals surface area contributed by atoms with Gasteiger partial charge in [0.05, 0.1) is 11.6 Å². The van der Waals surface area contributed by atoms with Crippen molar-refractivity contribution >= 4 is 5.71 Å². The van der Waals surface area contributed by atoms with E-state index < -0.39 is 0 Å². The van der Waals surface area contributed by atoms with E-state index in [1.54, 1.807) is 0 Å². The molecule has 3 atom stereocenters. The first-order valence-electron chi connectivity index (χ1n) is 7.18. The average Bonchev–Trinajstić information content (AvgIpc) is 2.95. The lowest BCUT2D eigenvalue weighted by Crippen LogP contribution is -2.38. The molecule has 1 aromatic carbocycles. The van der Waals surface area contributed by atoms with Crippen LogP contribution in [0.2, 0.25) is 0 Å². The van der Waals surface area contributed by atoms with Gasteiger partial charge in [0.1, 0.15) is 0 Å². The predicted octanol–water partition coefficient (Wildman–Crippen LogP) is 3.06. The Balaban J connectivity index is 1.65. The Morgan fingerprint density at radius 3 is 2.78 bits per heavy atom. The Bertz CT molecular complexity index is 487. The van der Waals surface area contributed by atoms with Crippen LogP contribution in [0.25, 0.3) is 0 Å². The summed E-state index contributed by atoms with van der Waals surface area (Å²) >= 11 is 0. The van der Waals surface area contributed by atoms with E-state index in [-0.39, 0.29) is 0 Å². The fraction of sp³-hybridized carbons (Fsp3) is 0.562. The van der Waals surface area contributed by atoms with E-state index in [0.29, 0.717) is 11.6 Å². The zero-order valence-corrected chi connectivity index (χ0v) is 11.0. The highest BCUT2D eigenvalue weighted by atomic mass is 15.3. The second-order valence-corrected chi connectivity index (χ2v) is 6.06. The largest absolute Gasteiger partial charge is 0.292 e. The quantitative estimate of drug-likeness (QED) is 0.775. The summed E-state index contributed by atoms with van der Waals surface area (Å²) in [5.74, 6) is 0.763. The van der Waals surface area contributed by atoms with Crippen molar-refractivity contribution in [2.75, 3.05) is 13.1 Å². The van der Waals surface area contributed by atoms with E-state index in [1.165, 1.54) is 43.6 Å². The lowest BCUT2D eigenvalue weighted by molar-refractivity contribution is 0.299. The van der Waals surface area contributed by atoms with Gasteiger partial charge in [-0.3, -0.25) is 9.89 Å². The van der Waals surface area contributed by atoms with Crippen LogP contribution >= 0.6 is 0 Å². The maximum atomic E-state index is 5.12. The molecule has 2 bridgehead atoms. The monoisotopic (exact) mass is 240 g/mol. The molecule has 0 radical (unpaired) electrons. The van der Waals surface area contributed by atoms with Crippen molar-refractivity contribution in [1.29, 1.82) is 0 Å². The molecule has 2 heteroatoms. The van der Waals surface area contributed by atoms with Gasteiger partial charge in [-0.2, -0.15) is 0 Å². The Kier molecular flexibility index (Phi) is 2.19. The van der Waals surface area contributed by atoms with Crippen molar-refractivity contribution in [1.82, 2.24) is 4.90 Å². The SMILES string of the molecule is C[C@H](N=C1C2CCN(C2)C12CC2)c1ccccc1. The minimum atomic E-state index is 0.319. The van der Waals surface area contributed by atoms with Crippen LogP contribution in [-0.2, 0) is 0 Å². The number of fused-ring (bicyclic) bond motifs is 3. The fourth-order valence-corrected chi connectivity index (χ4v) is 3.85. The van der Waals surface area contributed by atoms with Gasteiger partial charge >= 0.3 is 0 Å². The maximum absolute atomic E-state index is 5.12. The molecule has 2 aliphatic heterocycles. The summed E-state index contributed by atoms with van der Waals surface area (Å²) in [7, 11) is 0. The minimum Gasteiger partial charge on any atom is -0.292 e. The topological polar surface area (TPSA) is 15.6 Å². The molecule has 1 aromatic rings. The van der Waals surface area contributed by atoms with Crippen molar-refractivity contribution in [2.24, 2.45) is 10.9 Å². The fourth-order valence-electron chi connectivity index (χ4n) is 3.85. The molecular weight excluding hydrogens is 220 g/mol. The molecule has 0 N–H and O–H groups in total. The normalized spacial score (nSPS) is 35.3. The van der Waals surface area contributed by atoms with Crippen LogP contribution in [0.15, 0.2) is 35.3 Å². The number of rotatable bonds is 2. The Morgan fingerprint density at radius 1 is 1.28 bits per heavy atom. The third-order valence-corrected chi connectivity index (χ3v) is 5.00. The molecule has 2 unspecified atom stereocenters. The van der Waals surface area contributed by atoms with Gasteiger partial charge in [-0.15, -0.1) is 0 Å². The van der Waals surface area contributed by atoms with Gasteiger partial charge in [-0.25, -0.2) is 0 Å². The maximum Gasteiger partial charge on any atom is 0.0721 e. The van der Waals surface area contributed by atoms with Crippen molar-refractivity contribution in [2.45, 2.75) is 37.8 Å². The molecule has 3 aliphatic rings. The van der Waals surface area contributed by atoms with Crippen LogP contribution in [0, 0.1) is 5.92 Å². The van der Waals surface area contributed by atoms with Gasteiger partial charge in [-0.1, -0.05) is 30.3 Å². The second-order valence-electron chi connectivity index (χ2n) is 6.06. The lowest BCUT2D eigenvalue weighted by atomic mass is 9.95. The van der Waals surface area contributed by atoms with E-state index in [4.69, 9.17) is 4.99 Å². The first kappa shape index (κ1) is 10.7. The average molecular weight is 240 g/mol. The molecular formula is C16H20N2. The molecule has 18 heavy (non-hydrogen) atoms. The Morgan fingerprint density at radius 2 is 2.06 bits per heavy atom. The third-order valence-electron chi connectivity index (χ3n) is 5.00. The zero-order valence-electron chi connectivity index (χ0n) is 11.0. The van der Waals surface area contributed by atoms with Gasteiger partial charge < -0.3 is 0 Å². The molecule has 2 nitrogen and oxygen atoms in total. The molecule has 1 saturated carbocycles. The molecule has 3 fully saturated rings. The van der Waals surface area contributed by atoms with E-state index in [9.17, 15) is 0 Å². The van der Waals surface area contributed by atoms with Crippen molar-refractivity contribution in [3.8, 4) is 0 Å². The van der Waals surface area contributed by atoms with Crippen LogP contribution in [0.4, 0.5) is 0 Å². The van der Waals surface area contributed by atoms with E-state index >= 15 is 0 Å². The standard InChI is InChI=1S/C16H20N2/c1-12(13-5-3-2-4-6-13)17-15-14-7-10-18(11-14)16(15)8-9-16/h2-6,12,14H,7-11H2,1H3/t12-,14?/m0/s1. The van der Waals surface area contributed by atoms with E-state index in [0.717, 1.165) is 5.92 Å². The van der Waals surface area contributed by atoms with Crippen LogP contribution < -0.4 is 0 Å². The highest BCUT2D eigenvalue weighted by Gasteiger charge is 2.61. The number of aliphatic imine (C=N–C) groups is 1. The summed E-state index contributed by atoms with van der Waals surface area (Å²) < 4.78 is 0. The minimum absolute atomic E-state index is 0.319. The van der Waals surface area contributed by atoms with Gasteiger partial charge in [0, 0.05) is 18.2 Å². The molecule has 4 rings (SSSR count). The number of hydrogen-bond donors (Lipinski definition) is 0. The number of piperidine rings is 1. The van der Waals surface area contributed by atoms with E-state index in [1.807, 2.05) is 0 Å². The number of benzene rings is 1. The summed E-state index contributed by atoms with van der Waals surface area (Å²) in [4.78, 5) is 7.81. The summed E-state index contributed by atoms with van der Waals surface area (Å²) in [5.41, 5.74) is 3.30. The van der Waals surface area contributed by atoms with Crippen molar-refractivity contribution in [3.05, 3.63) is 35.9 Å². The Labute approximate surface area is 109 Å². The first-order valence-corrected chi connectivity index (χ1v) is 7.18. The summed E-state index contributed by atoms with van der Waals surface area (Å²) in [6.45, 7) is 4.82. The molecule has 1 aliphatic carbocycles. The second kappa shape index (κ2) is 3.67. The number of hydrogen-bond acceptors (Lipinski definition) is 2. The lowest BCUT2D eigenvalue weighted by Gasteiger charge is -2.27. The van der Waals surface area contributed by atoms with Crippen molar-refractivity contribution < 1.29 is 0 Å². The van der Waals surface area contributed by atoms with Crippen LogP contribution in [0.1, 0.15) is 37.8 Å². The molecule has 2 saturated heterocycles. The smallest absolute Gasteiger partial charge is 0.0721 e. The predicted molar refractivity (Wildman–Crippen MR) is 73.9 cm³/mol. The van der Waals surface area contributed by atoms with Gasteiger partial charge in [0.2, 0.25) is 0 Å².